The number of nitrogens with zero attached hydrogens (tertiary/aromatic N) is 2. The number of unbranched alkanes of at least 4 members (excludes halogenated alkanes) is 5. The Kier molecular flexibility index (Phi) is 26.5. The van der Waals surface area contributed by atoms with Gasteiger partial charge in [0, 0.05) is 44.4 Å². The van der Waals surface area contributed by atoms with Gasteiger partial charge in [-0.3, -0.25) is 48.9 Å². The second-order valence-corrected chi connectivity index (χ2v) is 13.9. The third-order valence-electron chi connectivity index (χ3n) is 8.44. The predicted octanol–water partition coefficient (Wildman–Crippen LogP) is -4.09. The van der Waals surface area contributed by atoms with E-state index in [0.29, 0.717) is 44.6 Å². The van der Waals surface area contributed by atoms with Gasteiger partial charge in [0.2, 0.25) is 35.5 Å². The molecule has 0 saturated carbocycles. The maximum Gasteiger partial charge on any atom is 0.328 e. The molecule has 1 aromatic heterocycles. The Hall–Kier alpha value is -7.06. The molecular weight excluding hydrogens is 836 g/mol. The summed E-state index contributed by atoms with van der Waals surface area (Å²) in [7, 11) is 0. The van der Waals surface area contributed by atoms with Gasteiger partial charge in [0.15, 0.2) is 5.96 Å². The highest BCUT2D eigenvalue weighted by Gasteiger charge is 2.29. The van der Waals surface area contributed by atoms with E-state index in [4.69, 9.17) is 26.8 Å². The van der Waals surface area contributed by atoms with Gasteiger partial charge in [-0.15, -0.1) is 0 Å². The predicted molar refractivity (Wildman–Crippen MR) is 224 cm³/mol. The quantitative estimate of drug-likeness (QED) is 0.0191. The summed E-state index contributed by atoms with van der Waals surface area (Å²) in [5.74, 6) is -7.56. The van der Waals surface area contributed by atoms with Crippen molar-refractivity contribution in [3.05, 3.63) is 22.1 Å². The lowest BCUT2D eigenvalue weighted by Gasteiger charge is -2.21. The average Bonchev–Trinajstić information content (AvgIpc) is 3.20. The van der Waals surface area contributed by atoms with Gasteiger partial charge in [-0.25, -0.2) is 19.4 Å². The number of carbonyl (C=O) groups is 9. The van der Waals surface area contributed by atoms with Crippen LogP contribution in [0.3, 0.4) is 0 Å². The molecule has 352 valence electrons. The van der Waals surface area contributed by atoms with E-state index in [-0.39, 0.29) is 49.3 Å². The van der Waals surface area contributed by atoms with Gasteiger partial charge in [-0.1, -0.05) is 19.3 Å². The molecule has 0 unspecified atom stereocenters. The molecule has 0 fully saturated rings. The van der Waals surface area contributed by atoms with E-state index in [9.17, 15) is 47.9 Å². The molecule has 3 atom stereocenters. The van der Waals surface area contributed by atoms with Crippen LogP contribution in [0.5, 0.6) is 0 Å². The van der Waals surface area contributed by atoms with Gasteiger partial charge in [0.25, 0.3) is 5.56 Å². The molecule has 1 heterocycles. The summed E-state index contributed by atoms with van der Waals surface area (Å²) < 4.78 is 0. The number of rotatable bonds is 31. The number of nitrogens with two attached hydrogens (primary N) is 2. The average molecular weight is 897 g/mol. The summed E-state index contributed by atoms with van der Waals surface area (Å²) in [4.78, 5) is 131. The number of hydrogen-bond donors (Lipinski definition) is 15. The minimum atomic E-state index is -1.77. The van der Waals surface area contributed by atoms with Gasteiger partial charge in [-0.2, -0.15) is 0 Å². The van der Waals surface area contributed by atoms with E-state index in [1.807, 2.05) is 5.32 Å². The summed E-state index contributed by atoms with van der Waals surface area (Å²) in [6.45, 7) is 0.705. The maximum absolute atomic E-state index is 13.0. The van der Waals surface area contributed by atoms with E-state index < -0.39 is 91.7 Å². The van der Waals surface area contributed by atoms with Crippen LogP contribution in [0.25, 0.3) is 0 Å². The highest BCUT2D eigenvalue weighted by atomic mass is 16.4. The molecule has 27 nitrogen and oxygen atoms in total. The molecule has 0 aliphatic carbocycles. The SMILES string of the molecule is Cc1cc(=O)[nH]c(NC(=O)NCCCCCCNC(=O)NCCCCCC(=O)NCC(=O)N[C@@H](CCCN=C(N)N)C(=O)NCC(=O)N[C@@H](CC(=O)O)C(=O)N[C@@H](CO)C(=O)O)n1. The van der Waals surface area contributed by atoms with Crippen LogP contribution in [0.15, 0.2) is 15.9 Å². The van der Waals surface area contributed by atoms with Crippen LogP contribution >= 0.6 is 0 Å². The number of guanidine groups is 1. The van der Waals surface area contributed by atoms with Crippen LogP contribution in [0.2, 0.25) is 0 Å². The maximum atomic E-state index is 13.0. The first-order valence-electron chi connectivity index (χ1n) is 20.1. The van der Waals surface area contributed by atoms with Crippen molar-refractivity contribution in [2.75, 3.05) is 51.2 Å². The molecule has 0 bridgehead atoms. The number of aliphatic hydroxyl groups excluding tert-OH is 1. The van der Waals surface area contributed by atoms with Crippen molar-refractivity contribution in [1.82, 2.24) is 52.5 Å². The number of aromatic amines is 1. The zero-order chi connectivity index (χ0) is 47.2. The van der Waals surface area contributed by atoms with E-state index in [0.717, 1.165) is 25.7 Å². The summed E-state index contributed by atoms with van der Waals surface area (Å²) in [5.41, 5.74) is 10.8. The lowest BCUT2D eigenvalue weighted by atomic mass is 10.1. The minimum absolute atomic E-state index is 0.0147. The molecule has 0 spiro atoms. The number of urea groups is 2. The zero-order valence-electron chi connectivity index (χ0n) is 35.0. The molecule has 0 aromatic carbocycles. The van der Waals surface area contributed by atoms with Gasteiger partial charge in [-0.05, 0) is 45.4 Å². The molecule has 9 amide bonds. The molecule has 27 heteroatoms. The van der Waals surface area contributed by atoms with E-state index >= 15 is 0 Å². The molecule has 63 heavy (non-hydrogen) atoms. The largest absolute Gasteiger partial charge is 0.481 e. The van der Waals surface area contributed by atoms with Crippen LogP contribution in [0.4, 0.5) is 15.5 Å². The van der Waals surface area contributed by atoms with Crippen molar-refractivity contribution in [2.24, 2.45) is 16.5 Å². The molecule has 0 radical (unpaired) electrons. The molecule has 1 rings (SSSR count). The first-order valence-corrected chi connectivity index (χ1v) is 20.1. The number of hydrogen-bond acceptors (Lipinski definition) is 13. The van der Waals surface area contributed by atoms with Crippen LogP contribution in [-0.2, 0) is 33.6 Å². The Morgan fingerprint density at radius 3 is 1.83 bits per heavy atom. The number of aliphatic imine (C=N–C) groups is 1. The Morgan fingerprint density at radius 1 is 0.698 bits per heavy atom. The van der Waals surface area contributed by atoms with Crippen LogP contribution in [-0.4, -0.2) is 149 Å². The highest BCUT2D eigenvalue weighted by molar-refractivity contribution is 5.95. The molecule has 0 aliphatic rings. The zero-order valence-corrected chi connectivity index (χ0v) is 35.0. The Bertz CT molecular complexity index is 1790. The number of aromatic nitrogens is 2. The van der Waals surface area contributed by atoms with E-state index in [1.165, 1.54) is 6.07 Å². The number of carbonyl (C=O) groups excluding carboxylic acids is 7. The number of aliphatic hydroxyl groups is 1. The van der Waals surface area contributed by atoms with Crippen molar-refractivity contribution < 1.29 is 58.5 Å². The molecule has 1 aromatic rings. The van der Waals surface area contributed by atoms with Crippen LogP contribution in [0, 0.1) is 6.92 Å². The molecule has 17 N–H and O–H groups in total. The second-order valence-electron chi connectivity index (χ2n) is 13.9. The number of anilines is 1. The first kappa shape index (κ1) is 54.0. The lowest BCUT2D eigenvalue weighted by Crippen LogP contribution is -2.55. The summed E-state index contributed by atoms with van der Waals surface area (Å²) in [5, 5.41) is 49.0. The van der Waals surface area contributed by atoms with Gasteiger partial charge < -0.3 is 69.3 Å². The summed E-state index contributed by atoms with van der Waals surface area (Å²) >= 11 is 0. The van der Waals surface area contributed by atoms with Crippen molar-refractivity contribution in [3.63, 3.8) is 0 Å². The Labute approximate surface area is 361 Å². The van der Waals surface area contributed by atoms with Crippen molar-refractivity contribution in [2.45, 2.75) is 95.7 Å². The van der Waals surface area contributed by atoms with Crippen molar-refractivity contribution in [3.8, 4) is 0 Å². The van der Waals surface area contributed by atoms with Gasteiger partial charge in [0.1, 0.15) is 18.1 Å². The fourth-order valence-electron chi connectivity index (χ4n) is 5.31. The van der Waals surface area contributed by atoms with Crippen molar-refractivity contribution in [1.29, 1.82) is 0 Å². The number of carboxylic acids is 2. The molecule has 0 aliphatic heterocycles. The topological polar surface area (TPSA) is 433 Å². The monoisotopic (exact) mass is 896 g/mol. The smallest absolute Gasteiger partial charge is 0.328 e. The molecule has 0 saturated heterocycles. The normalized spacial score (nSPS) is 11.9. The Balaban J connectivity index is 2.35. The van der Waals surface area contributed by atoms with Crippen LogP contribution < -0.4 is 64.9 Å². The number of nitrogens with one attached hydrogen (secondary N) is 10. The van der Waals surface area contributed by atoms with Crippen LogP contribution in [0.1, 0.15) is 76.3 Å². The van der Waals surface area contributed by atoms with E-state index in [2.05, 4.69) is 57.5 Å². The van der Waals surface area contributed by atoms with Gasteiger partial charge >= 0.3 is 24.0 Å². The lowest BCUT2D eigenvalue weighted by molar-refractivity contribution is -0.144. The summed E-state index contributed by atoms with van der Waals surface area (Å²) in [6, 6.07) is -4.27. The second kappa shape index (κ2) is 30.9. The number of amides is 9. The molecular formula is C36H60N14O13. The Morgan fingerprint density at radius 2 is 1.27 bits per heavy atom. The first-order chi connectivity index (χ1) is 29.9. The summed E-state index contributed by atoms with van der Waals surface area (Å²) in [6.07, 6.45) is 4.08. The fourth-order valence-corrected chi connectivity index (χ4v) is 5.31. The van der Waals surface area contributed by atoms with Crippen molar-refractivity contribution >= 4 is 65.4 Å². The fraction of sp³-hybridized carbons (Fsp3) is 0.611. The number of aliphatic carboxylic acids is 2. The number of aryl methyl sites for hydroxylation is 1. The highest BCUT2D eigenvalue weighted by Crippen LogP contribution is 2.02. The number of H-pyrrole nitrogens is 1. The third kappa shape index (κ3) is 26.7. The standard InChI is InChI=1S/C36H60N14O13/c1-21-16-26(53)49-34(45-21)50-36(63)42-14-7-3-2-6-12-40-35(62)41-13-8-4-5-11-25(52)43-18-27(54)46-22(10-9-15-39-33(37)38)30(58)44-19-28(55)47-23(17-29(56)57)31(59)48-24(20-51)32(60)61/h16,22-24,51H,2-15,17-20H2,1H3,(H,43,52)(H,44,58)(H,46,54)(H,47,55)(H,48,59)(H,56,57)(H,60,61)(H4,37,38,39)(H2,40,41,62)(H3,42,45,49,50,53,63)/t22-,23-,24-/m0/s1. The minimum Gasteiger partial charge on any atom is -0.481 e. The number of carboxylic acid groups (broad SMARTS) is 2. The third-order valence-corrected chi connectivity index (χ3v) is 8.44. The van der Waals surface area contributed by atoms with Gasteiger partial charge in [0.05, 0.1) is 26.1 Å². The van der Waals surface area contributed by atoms with E-state index in [1.54, 1.807) is 6.92 Å².